The molecule has 0 spiro atoms. The highest BCUT2D eigenvalue weighted by Crippen LogP contribution is 2.25. The molecule has 0 aliphatic heterocycles. The summed E-state index contributed by atoms with van der Waals surface area (Å²) in [5.74, 6) is 0.726. The lowest BCUT2D eigenvalue weighted by atomic mass is 10.1. The summed E-state index contributed by atoms with van der Waals surface area (Å²) in [6.45, 7) is 2.03. The predicted octanol–water partition coefficient (Wildman–Crippen LogP) is 2.49. The molecule has 2 heterocycles. The first-order valence-corrected chi connectivity index (χ1v) is 5.28. The molecule has 3 aromatic rings. The Kier molecular flexibility index (Phi) is 2.08. The molecule has 0 saturated heterocycles. The first kappa shape index (κ1) is 9.84. The fraction of sp³-hybridized carbons (Fsp3) is 0.0769. The number of aromatic nitrogens is 2. The molecule has 0 aliphatic carbocycles. The number of fused-ring (bicyclic) bond motifs is 1. The van der Waals surface area contributed by atoms with Crippen molar-refractivity contribution in [2.45, 2.75) is 6.92 Å². The highest BCUT2D eigenvalue weighted by Gasteiger charge is 2.06. The predicted molar refractivity (Wildman–Crippen MR) is 64.8 cm³/mol. The maximum Gasteiger partial charge on any atom is 0.347 e. The van der Waals surface area contributed by atoms with Gasteiger partial charge in [0.15, 0.2) is 0 Å². The minimum Gasteiger partial charge on any atom is -0.440 e. The quantitative estimate of drug-likeness (QED) is 0.693. The van der Waals surface area contributed by atoms with Crippen LogP contribution in [-0.4, -0.2) is 9.97 Å². The van der Waals surface area contributed by atoms with E-state index in [2.05, 4.69) is 9.97 Å². The summed E-state index contributed by atoms with van der Waals surface area (Å²) in [6.07, 6.45) is 1.51. The van der Waals surface area contributed by atoms with E-state index in [9.17, 15) is 4.79 Å². The molecule has 17 heavy (non-hydrogen) atoms. The standard InChI is InChI=1S/C13H10N2O2/c1-8-2-4-9(5-3-8)11-6-10-7-14-13(16)15-12(10)17-11/h2-7H,1H3,(H,14,15,16). The third-order valence-electron chi connectivity index (χ3n) is 2.64. The molecule has 0 amide bonds. The number of aromatic amines is 1. The third-order valence-corrected chi connectivity index (χ3v) is 2.64. The number of benzene rings is 1. The Balaban J connectivity index is 2.17. The van der Waals surface area contributed by atoms with Crippen LogP contribution in [0, 0.1) is 6.92 Å². The summed E-state index contributed by atoms with van der Waals surface area (Å²) < 4.78 is 5.58. The molecule has 0 atom stereocenters. The Morgan fingerprint density at radius 1 is 1.24 bits per heavy atom. The zero-order chi connectivity index (χ0) is 11.8. The molecule has 0 bridgehead atoms. The van der Waals surface area contributed by atoms with Gasteiger partial charge in [-0.25, -0.2) is 9.78 Å². The zero-order valence-electron chi connectivity index (χ0n) is 9.23. The van der Waals surface area contributed by atoms with Gasteiger partial charge in [-0.1, -0.05) is 29.8 Å². The van der Waals surface area contributed by atoms with E-state index in [-0.39, 0.29) is 0 Å². The second-order valence-electron chi connectivity index (χ2n) is 3.95. The minimum absolute atomic E-state index is 0.401. The van der Waals surface area contributed by atoms with Crippen LogP contribution in [0.1, 0.15) is 5.56 Å². The number of H-pyrrole nitrogens is 1. The maximum atomic E-state index is 11.0. The van der Waals surface area contributed by atoms with Crippen molar-refractivity contribution in [3.63, 3.8) is 0 Å². The summed E-state index contributed by atoms with van der Waals surface area (Å²) in [6, 6.07) is 9.87. The summed E-state index contributed by atoms with van der Waals surface area (Å²) >= 11 is 0. The Morgan fingerprint density at radius 3 is 2.76 bits per heavy atom. The van der Waals surface area contributed by atoms with Gasteiger partial charge in [-0.2, -0.15) is 0 Å². The second-order valence-corrected chi connectivity index (χ2v) is 3.95. The maximum absolute atomic E-state index is 11.0. The van der Waals surface area contributed by atoms with Crippen LogP contribution in [0.5, 0.6) is 0 Å². The average molecular weight is 226 g/mol. The highest BCUT2D eigenvalue weighted by molar-refractivity contribution is 5.78. The van der Waals surface area contributed by atoms with Crippen LogP contribution >= 0.6 is 0 Å². The summed E-state index contributed by atoms with van der Waals surface area (Å²) in [4.78, 5) is 17.3. The molecule has 2 aromatic heterocycles. The topological polar surface area (TPSA) is 58.9 Å². The third kappa shape index (κ3) is 1.73. The number of hydrogen-bond acceptors (Lipinski definition) is 3. The van der Waals surface area contributed by atoms with Crippen molar-refractivity contribution in [3.8, 4) is 11.3 Å². The van der Waals surface area contributed by atoms with Gasteiger partial charge in [0.05, 0.1) is 5.39 Å². The summed E-state index contributed by atoms with van der Waals surface area (Å²) in [5, 5.41) is 0.792. The van der Waals surface area contributed by atoms with Crippen LogP contribution in [0.15, 0.2) is 45.7 Å². The lowest BCUT2D eigenvalue weighted by Gasteiger charge is -1.96. The van der Waals surface area contributed by atoms with Crippen LogP contribution in [0.2, 0.25) is 0 Å². The van der Waals surface area contributed by atoms with Crippen LogP contribution in [0.3, 0.4) is 0 Å². The Hall–Kier alpha value is -2.36. The van der Waals surface area contributed by atoms with Gasteiger partial charge in [-0.3, -0.25) is 4.98 Å². The van der Waals surface area contributed by atoms with Crippen molar-refractivity contribution in [1.82, 2.24) is 9.97 Å². The van der Waals surface area contributed by atoms with Gasteiger partial charge < -0.3 is 4.42 Å². The monoisotopic (exact) mass is 226 g/mol. The zero-order valence-corrected chi connectivity index (χ0v) is 9.23. The second kappa shape index (κ2) is 3.59. The lowest BCUT2D eigenvalue weighted by Crippen LogP contribution is -2.07. The van der Waals surface area contributed by atoms with Gasteiger partial charge in [0.2, 0.25) is 5.71 Å². The number of furan rings is 1. The molecule has 4 heteroatoms. The van der Waals surface area contributed by atoms with Crippen LogP contribution < -0.4 is 5.69 Å². The van der Waals surface area contributed by atoms with Crippen LogP contribution in [-0.2, 0) is 0 Å². The van der Waals surface area contributed by atoms with Gasteiger partial charge in [0, 0.05) is 11.8 Å². The molecular formula is C13H10N2O2. The minimum atomic E-state index is -0.401. The number of aryl methyl sites for hydroxylation is 1. The van der Waals surface area contributed by atoms with E-state index >= 15 is 0 Å². The van der Waals surface area contributed by atoms with E-state index in [0.717, 1.165) is 16.7 Å². The lowest BCUT2D eigenvalue weighted by molar-refractivity contribution is 0.615. The molecule has 0 aliphatic rings. The fourth-order valence-corrected chi connectivity index (χ4v) is 1.72. The Labute approximate surface area is 96.9 Å². The molecule has 1 aromatic carbocycles. The van der Waals surface area contributed by atoms with Gasteiger partial charge in [-0.15, -0.1) is 0 Å². The van der Waals surface area contributed by atoms with Crippen molar-refractivity contribution >= 4 is 11.1 Å². The largest absolute Gasteiger partial charge is 0.440 e. The van der Waals surface area contributed by atoms with E-state index < -0.39 is 5.69 Å². The van der Waals surface area contributed by atoms with Crippen LogP contribution in [0.25, 0.3) is 22.4 Å². The Morgan fingerprint density at radius 2 is 2.00 bits per heavy atom. The fourth-order valence-electron chi connectivity index (χ4n) is 1.72. The molecule has 84 valence electrons. The SMILES string of the molecule is Cc1ccc(-c2cc3cnc(=O)[nH]c3o2)cc1. The number of nitrogens with zero attached hydrogens (tertiary/aromatic N) is 1. The van der Waals surface area contributed by atoms with E-state index in [4.69, 9.17) is 4.42 Å². The summed E-state index contributed by atoms with van der Waals surface area (Å²) in [7, 11) is 0. The first-order valence-electron chi connectivity index (χ1n) is 5.28. The van der Waals surface area contributed by atoms with Crippen molar-refractivity contribution in [2.24, 2.45) is 0 Å². The van der Waals surface area contributed by atoms with E-state index in [1.165, 1.54) is 11.8 Å². The van der Waals surface area contributed by atoms with Crippen molar-refractivity contribution in [1.29, 1.82) is 0 Å². The van der Waals surface area contributed by atoms with Gasteiger partial charge >= 0.3 is 5.69 Å². The molecular weight excluding hydrogens is 216 g/mol. The molecule has 0 radical (unpaired) electrons. The number of rotatable bonds is 1. The van der Waals surface area contributed by atoms with E-state index in [1.807, 2.05) is 37.3 Å². The van der Waals surface area contributed by atoms with Crippen molar-refractivity contribution < 1.29 is 4.42 Å². The molecule has 0 saturated carbocycles. The van der Waals surface area contributed by atoms with E-state index in [0.29, 0.717) is 5.71 Å². The van der Waals surface area contributed by atoms with E-state index in [1.54, 1.807) is 0 Å². The van der Waals surface area contributed by atoms with Crippen molar-refractivity contribution in [3.05, 3.63) is 52.6 Å². The number of hydrogen-bond donors (Lipinski definition) is 1. The van der Waals surface area contributed by atoms with Crippen LogP contribution in [0.4, 0.5) is 0 Å². The molecule has 1 N–H and O–H groups in total. The summed E-state index contributed by atoms with van der Waals surface area (Å²) in [5.41, 5.74) is 2.23. The first-order chi connectivity index (χ1) is 8.22. The smallest absolute Gasteiger partial charge is 0.347 e. The Bertz CT molecular complexity index is 723. The molecule has 4 nitrogen and oxygen atoms in total. The molecule has 0 unspecified atom stereocenters. The molecule has 3 rings (SSSR count). The molecule has 0 fully saturated rings. The van der Waals surface area contributed by atoms with Gasteiger partial charge in [0.1, 0.15) is 5.76 Å². The van der Waals surface area contributed by atoms with Gasteiger partial charge in [-0.05, 0) is 13.0 Å². The number of nitrogens with one attached hydrogen (secondary N) is 1. The van der Waals surface area contributed by atoms with Gasteiger partial charge in [0.25, 0.3) is 0 Å². The average Bonchev–Trinajstić information content (AvgIpc) is 2.72. The van der Waals surface area contributed by atoms with Crippen molar-refractivity contribution in [2.75, 3.05) is 0 Å². The highest BCUT2D eigenvalue weighted by atomic mass is 16.3. The normalized spacial score (nSPS) is 10.9.